The Kier molecular flexibility index (Phi) is 2.08. The summed E-state index contributed by atoms with van der Waals surface area (Å²) in [4.78, 5) is 7.16. The van der Waals surface area contributed by atoms with E-state index in [1.54, 1.807) is 24.5 Å². The van der Waals surface area contributed by atoms with Crippen molar-refractivity contribution >= 4 is 16.6 Å². The first-order valence-electron chi connectivity index (χ1n) is 5.23. The predicted molar refractivity (Wildman–Crippen MR) is 65.9 cm³/mol. The van der Waals surface area contributed by atoms with Gasteiger partial charge in [0.1, 0.15) is 5.82 Å². The number of pyridine rings is 1. The van der Waals surface area contributed by atoms with Crippen molar-refractivity contribution in [1.29, 1.82) is 0 Å². The zero-order valence-corrected chi connectivity index (χ0v) is 8.94. The average Bonchev–Trinajstić information content (AvgIpc) is 2.75. The van der Waals surface area contributed by atoms with Crippen LogP contribution < -0.4 is 5.73 Å². The lowest BCUT2D eigenvalue weighted by molar-refractivity contribution is 0.637. The number of nitrogen functional groups attached to an aromatic ring is 1. The van der Waals surface area contributed by atoms with Crippen molar-refractivity contribution in [2.45, 2.75) is 0 Å². The third kappa shape index (κ3) is 1.54. The Bertz CT molecular complexity index is 671. The molecule has 0 saturated carbocycles. The van der Waals surface area contributed by atoms with Gasteiger partial charge in [0.2, 0.25) is 0 Å². The number of aromatic nitrogens is 2. The Hall–Kier alpha value is -2.36. The number of rotatable bonds is 1. The van der Waals surface area contributed by atoms with E-state index in [9.17, 15) is 4.39 Å². The Morgan fingerprint density at radius 2 is 2.06 bits per heavy atom. The molecule has 3 rings (SSSR count). The zero-order chi connectivity index (χ0) is 11.8. The molecule has 0 amide bonds. The first-order valence-corrected chi connectivity index (χ1v) is 5.23. The number of nitrogens with one attached hydrogen (secondary N) is 1. The quantitative estimate of drug-likeness (QED) is 0.671. The molecule has 0 aliphatic rings. The lowest BCUT2D eigenvalue weighted by atomic mass is 10.1. The minimum absolute atomic E-state index is 0.260. The number of halogens is 1. The van der Waals surface area contributed by atoms with Gasteiger partial charge in [0, 0.05) is 17.1 Å². The second-order valence-electron chi connectivity index (χ2n) is 3.84. The molecule has 3 aromatic rings. The maximum Gasteiger partial charge on any atom is 0.147 e. The molecular formula is C13H10FN3. The van der Waals surface area contributed by atoms with Crippen LogP contribution in [0.1, 0.15) is 0 Å². The molecule has 3 nitrogen and oxygen atoms in total. The Morgan fingerprint density at radius 3 is 2.82 bits per heavy atom. The molecule has 0 spiro atoms. The van der Waals surface area contributed by atoms with Crippen molar-refractivity contribution in [2.75, 3.05) is 5.73 Å². The highest BCUT2D eigenvalue weighted by Gasteiger charge is 2.09. The third-order valence-electron chi connectivity index (χ3n) is 2.73. The van der Waals surface area contributed by atoms with Gasteiger partial charge in [-0.3, -0.25) is 4.98 Å². The molecule has 2 aromatic heterocycles. The van der Waals surface area contributed by atoms with E-state index in [4.69, 9.17) is 5.73 Å². The second-order valence-corrected chi connectivity index (χ2v) is 3.84. The lowest BCUT2D eigenvalue weighted by Gasteiger charge is -1.99. The van der Waals surface area contributed by atoms with E-state index < -0.39 is 0 Å². The van der Waals surface area contributed by atoms with Crippen LogP contribution in [0.25, 0.3) is 22.2 Å². The van der Waals surface area contributed by atoms with Crippen molar-refractivity contribution in [3.05, 3.63) is 48.5 Å². The summed E-state index contributed by atoms with van der Waals surface area (Å²) >= 11 is 0. The van der Waals surface area contributed by atoms with Crippen LogP contribution in [0.15, 0.2) is 42.7 Å². The maximum absolute atomic E-state index is 13.5. The van der Waals surface area contributed by atoms with Crippen LogP contribution in [0.3, 0.4) is 0 Å². The van der Waals surface area contributed by atoms with Crippen molar-refractivity contribution < 1.29 is 4.39 Å². The van der Waals surface area contributed by atoms with Crippen molar-refractivity contribution in [3.8, 4) is 11.3 Å². The van der Waals surface area contributed by atoms with Crippen LogP contribution in [0.4, 0.5) is 10.1 Å². The van der Waals surface area contributed by atoms with E-state index in [0.717, 1.165) is 16.6 Å². The van der Waals surface area contributed by atoms with Gasteiger partial charge in [-0.15, -0.1) is 0 Å². The molecule has 0 saturated heterocycles. The van der Waals surface area contributed by atoms with E-state index in [-0.39, 0.29) is 5.82 Å². The monoisotopic (exact) mass is 227 g/mol. The van der Waals surface area contributed by atoms with E-state index in [1.807, 2.05) is 12.1 Å². The van der Waals surface area contributed by atoms with Crippen molar-refractivity contribution in [1.82, 2.24) is 9.97 Å². The van der Waals surface area contributed by atoms with Gasteiger partial charge in [0.25, 0.3) is 0 Å². The standard InChI is InChI=1S/C13H10FN3/c14-11-3-1-2-9-10(7-17-13(9)11)12-5-4-8(15)6-16-12/h1-7,17H,15H2. The van der Waals surface area contributed by atoms with E-state index >= 15 is 0 Å². The highest BCUT2D eigenvalue weighted by molar-refractivity contribution is 5.94. The smallest absolute Gasteiger partial charge is 0.147 e. The average molecular weight is 227 g/mol. The van der Waals surface area contributed by atoms with Gasteiger partial charge in [-0.1, -0.05) is 12.1 Å². The SMILES string of the molecule is Nc1ccc(-c2c[nH]c3c(F)cccc23)nc1. The zero-order valence-electron chi connectivity index (χ0n) is 8.94. The summed E-state index contributed by atoms with van der Waals surface area (Å²) in [7, 11) is 0. The number of aromatic amines is 1. The highest BCUT2D eigenvalue weighted by Crippen LogP contribution is 2.28. The molecule has 0 fully saturated rings. The number of nitrogens with two attached hydrogens (primary N) is 1. The first kappa shape index (κ1) is 9.84. The molecule has 0 unspecified atom stereocenters. The highest BCUT2D eigenvalue weighted by atomic mass is 19.1. The Balaban J connectivity index is 2.24. The van der Waals surface area contributed by atoms with Crippen LogP contribution in [-0.2, 0) is 0 Å². The number of hydrogen-bond acceptors (Lipinski definition) is 2. The van der Waals surface area contributed by atoms with E-state index in [1.165, 1.54) is 6.07 Å². The third-order valence-corrected chi connectivity index (χ3v) is 2.73. The number of benzene rings is 1. The maximum atomic E-state index is 13.5. The van der Waals surface area contributed by atoms with Crippen LogP contribution in [0.2, 0.25) is 0 Å². The first-order chi connectivity index (χ1) is 8.25. The summed E-state index contributed by atoms with van der Waals surface area (Å²) in [5, 5.41) is 0.822. The summed E-state index contributed by atoms with van der Waals surface area (Å²) < 4.78 is 13.5. The Morgan fingerprint density at radius 1 is 1.18 bits per heavy atom. The number of nitrogens with zero attached hydrogens (tertiary/aromatic N) is 1. The van der Waals surface area contributed by atoms with Gasteiger partial charge in [-0.05, 0) is 18.2 Å². The largest absolute Gasteiger partial charge is 0.397 e. The fraction of sp³-hybridized carbons (Fsp3) is 0. The lowest BCUT2D eigenvalue weighted by Crippen LogP contribution is -1.87. The van der Waals surface area contributed by atoms with Crippen LogP contribution in [0, 0.1) is 5.82 Å². The fourth-order valence-corrected chi connectivity index (χ4v) is 1.89. The summed E-state index contributed by atoms with van der Waals surface area (Å²) in [6.45, 7) is 0. The van der Waals surface area contributed by atoms with Crippen molar-refractivity contribution in [2.24, 2.45) is 0 Å². The van der Waals surface area contributed by atoms with Crippen LogP contribution in [0.5, 0.6) is 0 Å². The molecule has 3 N–H and O–H groups in total. The number of fused-ring (bicyclic) bond motifs is 1. The molecule has 0 bridgehead atoms. The summed E-state index contributed by atoms with van der Waals surface area (Å²) in [5.74, 6) is -0.260. The van der Waals surface area contributed by atoms with Gasteiger partial charge < -0.3 is 10.7 Å². The molecule has 2 heterocycles. The minimum Gasteiger partial charge on any atom is -0.397 e. The summed E-state index contributed by atoms with van der Waals surface area (Å²) in [6, 6.07) is 8.58. The predicted octanol–water partition coefficient (Wildman–Crippen LogP) is 2.95. The molecule has 84 valence electrons. The van der Waals surface area contributed by atoms with Gasteiger partial charge in [-0.25, -0.2) is 4.39 Å². The number of H-pyrrole nitrogens is 1. The Labute approximate surface area is 97.1 Å². The fourth-order valence-electron chi connectivity index (χ4n) is 1.89. The number of anilines is 1. The van der Waals surface area contributed by atoms with Gasteiger partial charge >= 0.3 is 0 Å². The molecule has 0 atom stereocenters. The van der Waals surface area contributed by atoms with E-state index in [0.29, 0.717) is 11.2 Å². The van der Waals surface area contributed by atoms with Crippen molar-refractivity contribution in [3.63, 3.8) is 0 Å². The van der Waals surface area contributed by atoms with Gasteiger partial charge in [-0.2, -0.15) is 0 Å². The van der Waals surface area contributed by atoms with Gasteiger partial charge in [0.05, 0.1) is 23.1 Å². The number of hydrogen-bond donors (Lipinski definition) is 2. The second kappa shape index (κ2) is 3.59. The molecule has 0 radical (unpaired) electrons. The molecule has 0 aliphatic heterocycles. The topological polar surface area (TPSA) is 54.7 Å². The number of para-hydroxylation sites is 1. The minimum atomic E-state index is -0.260. The van der Waals surface area contributed by atoms with Crippen LogP contribution in [-0.4, -0.2) is 9.97 Å². The normalized spacial score (nSPS) is 10.9. The molecule has 1 aromatic carbocycles. The summed E-state index contributed by atoms with van der Waals surface area (Å²) in [6.07, 6.45) is 3.35. The van der Waals surface area contributed by atoms with Crippen LogP contribution >= 0.6 is 0 Å². The molecular weight excluding hydrogens is 217 g/mol. The van der Waals surface area contributed by atoms with E-state index in [2.05, 4.69) is 9.97 Å². The van der Waals surface area contributed by atoms with Gasteiger partial charge in [0.15, 0.2) is 0 Å². The summed E-state index contributed by atoms with van der Waals surface area (Å²) in [5.41, 5.74) is 8.35. The molecule has 17 heavy (non-hydrogen) atoms. The molecule has 0 aliphatic carbocycles. The molecule has 4 heteroatoms.